The standard InChI is InChI=1S/C13H24O/c1-3-5-6-7-10-14-13-9-8-12(4-2)11-13/h9,12-13H,2-8,10-11H2,1H3. The van der Waals surface area contributed by atoms with Crippen molar-refractivity contribution in [1.82, 2.24) is 0 Å². The lowest BCUT2D eigenvalue weighted by molar-refractivity contribution is 0.0723. The number of hydrogen-bond donors (Lipinski definition) is 0. The maximum absolute atomic E-state index is 5.80. The van der Waals surface area contributed by atoms with Crippen LogP contribution in [0.5, 0.6) is 0 Å². The van der Waals surface area contributed by atoms with E-state index in [1.165, 1.54) is 38.5 Å². The van der Waals surface area contributed by atoms with Crippen molar-refractivity contribution in [3.05, 3.63) is 13.3 Å². The van der Waals surface area contributed by atoms with E-state index in [0.717, 1.165) is 18.9 Å². The quantitative estimate of drug-likeness (QED) is 0.563. The van der Waals surface area contributed by atoms with Crippen molar-refractivity contribution >= 4 is 0 Å². The molecular formula is C13H24O. The molecule has 1 aliphatic carbocycles. The van der Waals surface area contributed by atoms with Crippen LogP contribution in [0, 0.1) is 19.3 Å². The van der Waals surface area contributed by atoms with Crippen LogP contribution in [-0.2, 0) is 4.74 Å². The van der Waals surface area contributed by atoms with Gasteiger partial charge in [-0.05, 0) is 31.6 Å². The zero-order valence-corrected chi connectivity index (χ0v) is 9.50. The fourth-order valence-electron chi connectivity index (χ4n) is 2.00. The van der Waals surface area contributed by atoms with Crippen molar-refractivity contribution < 1.29 is 4.74 Å². The third-order valence-corrected chi connectivity index (χ3v) is 3.04. The summed E-state index contributed by atoms with van der Waals surface area (Å²) in [5.74, 6) is 0.788. The molecule has 0 spiro atoms. The Kier molecular flexibility index (Phi) is 6.25. The van der Waals surface area contributed by atoms with E-state index in [-0.39, 0.29) is 0 Å². The van der Waals surface area contributed by atoms with Gasteiger partial charge in [-0.3, -0.25) is 0 Å². The third-order valence-electron chi connectivity index (χ3n) is 3.04. The van der Waals surface area contributed by atoms with Crippen LogP contribution in [0.15, 0.2) is 0 Å². The van der Waals surface area contributed by atoms with Crippen LogP contribution in [-0.4, -0.2) is 12.7 Å². The van der Waals surface area contributed by atoms with E-state index in [9.17, 15) is 0 Å². The molecule has 1 aliphatic rings. The van der Waals surface area contributed by atoms with Gasteiger partial charge in [0.05, 0.1) is 6.10 Å². The van der Waals surface area contributed by atoms with Gasteiger partial charge < -0.3 is 4.74 Å². The van der Waals surface area contributed by atoms with Gasteiger partial charge in [0.1, 0.15) is 0 Å². The van der Waals surface area contributed by atoms with Crippen LogP contribution in [0.25, 0.3) is 0 Å². The number of ether oxygens (including phenoxy) is 1. The molecule has 1 fully saturated rings. The van der Waals surface area contributed by atoms with Gasteiger partial charge in [0, 0.05) is 6.61 Å². The fourth-order valence-corrected chi connectivity index (χ4v) is 2.00. The van der Waals surface area contributed by atoms with Gasteiger partial charge in [0.25, 0.3) is 0 Å². The van der Waals surface area contributed by atoms with E-state index < -0.39 is 0 Å². The smallest absolute Gasteiger partial charge is 0.0609 e. The third kappa shape index (κ3) is 4.45. The zero-order chi connectivity index (χ0) is 10.2. The molecule has 1 saturated carbocycles. The molecule has 0 bridgehead atoms. The average molecular weight is 196 g/mol. The summed E-state index contributed by atoms with van der Waals surface area (Å²) in [5, 5.41) is 0. The molecule has 2 radical (unpaired) electrons. The monoisotopic (exact) mass is 196 g/mol. The van der Waals surface area contributed by atoms with Crippen molar-refractivity contribution in [2.24, 2.45) is 5.92 Å². The SMILES string of the molecule is [CH2]CC1C[CH]C(OCCCCCC)C1. The van der Waals surface area contributed by atoms with Gasteiger partial charge in [-0.25, -0.2) is 0 Å². The van der Waals surface area contributed by atoms with Gasteiger partial charge in [0.2, 0.25) is 0 Å². The Morgan fingerprint density at radius 3 is 2.86 bits per heavy atom. The number of unbranched alkanes of at least 4 members (excludes halogenated alkanes) is 3. The lowest BCUT2D eigenvalue weighted by atomic mass is 10.1. The Bertz CT molecular complexity index is 133. The molecule has 0 aromatic heterocycles. The van der Waals surface area contributed by atoms with E-state index in [2.05, 4.69) is 20.3 Å². The van der Waals surface area contributed by atoms with Gasteiger partial charge >= 0.3 is 0 Å². The first-order chi connectivity index (χ1) is 6.86. The van der Waals surface area contributed by atoms with Crippen LogP contribution in [0.4, 0.5) is 0 Å². The fraction of sp³-hybridized carbons (Fsp3) is 0.846. The summed E-state index contributed by atoms with van der Waals surface area (Å²) in [7, 11) is 0. The minimum Gasteiger partial charge on any atom is -0.378 e. The van der Waals surface area contributed by atoms with Gasteiger partial charge in [-0.1, -0.05) is 39.5 Å². The minimum atomic E-state index is 0.434. The van der Waals surface area contributed by atoms with E-state index in [0.29, 0.717) is 6.10 Å². The van der Waals surface area contributed by atoms with Gasteiger partial charge in [-0.15, -0.1) is 0 Å². The highest BCUT2D eigenvalue weighted by atomic mass is 16.5. The number of hydrogen-bond acceptors (Lipinski definition) is 1. The molecule has 1 rings (SSSR count). The summed E-state index contributed by atoms with van der Waals surface area (Å²) in [4.78, 5) is 0. The largest absolute Gasteiger partial charge is 0.378 e. The molecule has 2 atom stereocenters. The summed E-state index contributed by atoms with van der Waals surface area (Å²) >= 11 is 0. The molecule has 0 amide bonds. The predicted octanol–water partition coefficient (Wildman–Crippen LogP) is 3.79. The lowest BCUT2D eigenvalue weighted by Crippen LogP contribution is -2.10. The maximum atomic E-state index is 5.80. The molecule has 0 N–H and O–H groups in total. The Morgan fingerprint density at radius 1 is 1.36 bits per heavy atom. The van der Waals surface area contributed by atoms with Crippen LogP contribution >= 0.6 is 0 Å². The molecule has 1 nitrogen and oxygen atoms in total. The second-order valence-electron chi connectivity index (χ2n) is 4.33. The van der Waals surface area contributed by atoms with Crippen LogP contribution in [0.1, 0.15) is 51.9 Å². The highest BCUT2D eigenvalue weighted by molar-refractivity contribution is 4.90. The Balaban J connectivity index is 1.92. The molecule has 0 aromatic rings. The molecule has 0 saturated heterocycles. The lowest BCUT2D eigenvalue weighted by Gasteiger charge is -2.11. The molecule has 0 aromatic carbocycles. The molecule has 82 valence electrons. The first-order valence-electron chi connectivity index (χ1n) is 6.11. The van der Waals surface area contributed by atoms with Gasteiger partial charge in [-0.2, -0.15) is 0 Å². The molecule has 2 unspecified atom stereocenters. The molecule has 0 aliphatic heterocycles. The number of rotatable bonds is 7. The van der Waals surface area contributed by atoms with Crippen molar-refractivity contribution in [2.75, 3.05) is 6.61 Å². The van der Waals surface area contributed by atoms with E-state index in [4.69, 9.17) is 4.74 Å². The highest BCUT2D eigenvalue weighted by Gasteiger charge is 2.23. The minimum absolute atomic E-state index is 0.434. The van der Waals surface area contributed by atoms with Gasteiger partial charge in [0.15, 0.2) is 0 Å². The zero-order valence-electron chi connectivity index (χ0n) is 9.50. The topological polar surface area (TPSA) is 9.23 Å². The Hall–Kier alpha value is -0.0400. The van der Waals surface area contributed by atoms with Crippen molar-refractivity contribution in [2.45, 2.75) is 58.0 Å². The summed E-state index contributed by atoms with van der Waals surface area (Å²) in [6.07, 6.45) is 11.4. The highest BCUT2D eigenvalue weighted by Crippen LogP contribution is 2.29. The van der Waals surface area contributed by atoms with Crippen LogP contribution in [0.3, 0.4) is 0 Å². The summed E-state index contributed by atoms with van der Waals surface area (Å²) in [6.45, 7) is 7.14. The second kappa shape index (κ2) is 7.28. The van der Waals surface area contributed by atoms with E-state index in [1.807, 2.05) is 0 Å². The van der Waals surface area contributed by atoms with Crippen molar-refractivity contribution in [1.29, 1.82) is 0 Å². The van der Waals surface area contributed by atoms with Crippen molar-refractivity contribution in [3.8, 4) is 0 Å². The maximum Gasteiger partial charge on any atom is 0.0609 e. The Morgan fingerprint density at radius 2 is 2.21 bits per heavy atom. The van der Waals surface area contributed by atoms with E-state index in [1.54, 1.807) is 0 Å². The Labute approximate surface area is 89.2 Å². The molecule has 0 heterocycles. The van der Waals surface area contributed by atoms with Crippen LogP contribution in [0.2, 0.25) is 0 Å². The average Bonchev–Trinajstić information content (AvgIpc) is 2.65. The summed E-state index contributed by atoms with van der Waals surface area (Å²) in [5.41, 5.74) is 0. The summed E-state index contributed by atoms with van der Waals surface area (Å²) in [6, 6.07) is 0. The van der Waals surface area contributed by atoms with Crippen LogP contribution < -0.4 is 0 Å². The van der Waals surface area contributed by atoms with Crippen molar-refractivity contribution in [3.63, 3.8) is 0 Å². The first-order valence-corrected chi connectivity index (χ1v) is 6.11. The predicted molar refractivity (Wildman–Crippen MR) is 60.9 cm³/mol. The normalized spacial score (nSPS) is 27.0. The molecule has 14 heavy (non-hydrogen) atoms. The summed E-state index contributed by atoms with van der Waals surface area (Å²) < 4.78 is 5.80. The first kappa shape index (κ1) is 12.0. The molecular weight excluding hydrogens is 172 g/mol. The molecule has 1 heteroatoms. The second-order valence-corrected chi connectivity index (χ2v) is 4.33. The van der Waals surface area contributed by atoms with E-state index >= 15 is 0 Å².